The van der Waals surface area contributed by atoms with Gasteiger partial charge in [-0.15, -0.1) is 0 Å². The van der Waals surface area contributed by atoms with E-state index in [1.54, 1.807) is 12.1 Å². The van der Waals surface area contributed by atoms with E-state index in [0.29, 0.717) is 23.6 Å². The molecule has 1 aromatic carbocycles. The zero-order valence-electron chi connectivity index (χ0n) is 16.2. The molecule has 1 N–H and O–H groups in total. The number of carboxylic acids is 1. The summed E-state index contributed by atoms with van der Waals surface area (Å²) in [5.41, 5.74) is 1.37. The molecule has 6 aliphatic rings. The lowest BCUT2D eigenvalue weighted by Crippen LogP contribution is -2.58. The molecule has 28 heavy (non-hydrogen) atoms. The van der Waals surface area contributed by atoms with Crippen molar-refractivity contribution in [2.45, 2.75) is 57.0 Å². The maximum Gasteiger partial charge on any atom is 0.335 e. The van der Waals surface area contributed by atoms with Gasteiger partial charge in [0.2, 0.25) is 5.91 Å². The lowest BCUT2D eigenvalue weighted by molar-refractivity contribution is -0.158. The summed E-state index contributed by atoms with van der Waals surface area (Å²) in [7, 11) is 0. The van der Waals surface area contributed by atoms with E-state index < -0.39 is 5.97 Å². The van der Waals surface area contributed by atoms with Crippen molar-refractivity contribution in [1.82, 2.24) is 4.90 Å². The van der Waals surface area contributed by atoms with Gasteiger partial charge in [0.15, 0.2) is 0 Å². The number of hydrogen-bond donors (Lipinski definition) is 1. The van der Waals surface area contributed by atoms with Crippen molar-refractivity contribution in [2.24, 2.45) is 23.2 Å². The topological polar surface area (TPSA) is 60.9 Å². The third-order valence-electron chi connectivity index (χ3n) is 8.44. The van der Waals surface area contributed by atoms with Gasteiger partial charge in [-0.05, 0) is 87.0 Å². The van der Waals surface area contributed by atoms with Crippen molar-refractivity contribution in [3.05, 3.63) is 29.8 Å². The van der Waals surface area contributed by atoms with E-state index in [9.17, 15) is 9.59 Å². The molecule has 148 valence electrons. The molecule has 2 saturated heterocycles. The van der Waals surface area contributed by atoms with E-state index in [1.165, 1.54) is 19.3 Å². The maximum atomic E-state index is 13.7. The minimum absolute atomic E-state index is 0.0345. The van der Waals surface area contributed by atoms with Crippen molar-refractivity contribution >= 4 is 17.6 Å². The summed E-state index contributed by atoms with van der Waals surface area (Å²) in [6, 6.07) is 7.89. The molecular formula is C23H28N2O3. The van der Waals surface area contributed by atoms with E-state index in [0.717, 1.165) is 62.2 Å². The molecule has 4 aliphatic carbocycles. The van der Waals surface area contributed by atoms with Crippen molar-refractivity contribution in [1.29, 1.82) is 0 Å². The summed E-state index contributed by atoms with van der Waals surface area (Å²) in [5.74, 6) is 2.00. The number of fused-ring (bicyclic) bond motifs is 2. The highest BCUT2D eigenvalue weighted by atomic mass is 16.4. The maximum absolute atomic E-state index is 13.7. The van der Waals surface area contributed by atoms with Gasteiger partial charge >= 0.3 is 5.97 Å². The highest BCUT2D eigenvalue weighted by molar-refractivity contribution is 5.88. The van der Waals surface area contributed by atoms with Crippen molar-refractivity contribution in [2.75, 3.05) is 18.0 Å². The second-order valence-electron chi connectivity index (χ2n) is 10.2. The smallest absolute Gasteiger partial charge is 0.335 e. The molecule has 2 unspecified atom stereocenters. The van der Waals surface area contributed by atoms with Crippen LogP contribution < -0.4 is 4.90 Å². The molecule has 6 bridgehead atoms. The fourth-order valence-corrected chi connectivity index (χ4v) is 7.70. The number of hydrogen-bond acceptors (Lipinski definition) is 3. The zero-order chi connectivity index (χ0) is 19.0. The van der Waals surface area contributed by atoms with Crippen LogP contribution in [0.15, 0.2) is 24.3 Å². The number of nitrogens with zero attached hydrogens (tertiary/aromatic N) is 2. The van der Waals surface area contributed by atoms with Gasteiger partial charge in [0, 0.05) is 24.8 Å². The van der Waals surface area contributed by atoms with Gasteiger partial charge in [-0.2, -0.15) is 0 Å². The minimum atomic E-state index is -0.887. The van der Waals surface area contributed by atoms with Gasteiger partial charge in [0.05, 0.1) is 17.0 Å². The number of carbonyl (C=O) groups excluding carboxylic acids is 1. The van der Waals surface area contributed by atoms with Gasteiger partial charge in [0.1, 0.15) is 0 Å². The van der Waals surface area contributed by atoms with Crippen LogP contribution in [0.4, 0.5) is 5.69 Å². The molecule has 2 atom stereocenters. The van der Waals surface area contributed by atoms with Gasteiger partial charge in [-0.25, -0.2) is 4.79 Å². The molecule has 5 heteroatoms. The summed E-state index contributed by atoms with van der Waals surface area (Å²) < 4.78 is 0. The predicted molar refractivity (Wildman–Crippen MR) is 105 cm³/mol. The fourth-order valence-electron chi connectivity index (χ4n) is 7.70. The van der Waals surface area contributed by atoms with Crippen LogP contribution in [0.2, 0.25) is 0 Å². The second-order valence-corrected chi connectivity index (χ2v) is 10.2. The molecule has 0 aromatic heterocycles. The molecule has 7 rings (SSSR count). The number of amides is 1. The first-order valence-corrected chi connectivity index (χ1v) is 10.9. The van der Waals surface area contributed by atoms with E-state index in [4.69, 9.17) is 5.11 Å². The Balaban J connectivity index is 1.18. The first kappa shape index (κ1) is 16.9. The molecule has 1 aromatic rings. The van der Waals surface area contributed by atoms with Crippen LogP contribution in [0.3, 0.4) is 0 Å². The highest BCUT2D eigenvalue weighted by Crippen LogP contribution is 2.61. The lowest BCUT2D eigenvalue weighted by Gasteiger charge is -2.57. The number of anilines is 1. The summed E-state index contributed by atoms with van der Waals surface area (Å²) >= 11 is 0. The number of carbonyl (C=O) groups is 2. The van der Waals surface area contributed by atoms with Crippen molar-refractivity contribution in [3.63, 3.8) is 0 Å². The molecule has 6 fully saturated rings. The molecule has 1 amide bonds. The van der Waals surface area contributed by atoms with E-state index in [1.807, 2.05) is 12.1 Å². The highest BCUT2D eigenvalue weighted by Gasteiger charge is 2.58. The number of aromatic carboxylic acids is 1. The van der Waals surface area contributed by atoms with E-state index in [-0.39, 0.29) is 5.41 Å². The molecule has 2 aliphatic heterocycles. The normalized spacial score (nSPS) is 40.4. The molecule has 5 nitrogen and oxygen atoms in total. The Kier molecular flexibility index (Phi) is 3.46. The Hall–Kier alpha value is -2.04. The Morgan fingerprint density at radius 2 is 1.46 bits per heavy atom. The Labute approximate surface area is 165 Å². The van der Waals surface area contributed by atoms with E-state index in [2.05, 4.69) is 9.80 Å². The van der Waals surface area contributed by atoms with Gasteiger partial charge < -0.3 is 14.9 Å². The average molecular weight is 380 g/mol. The van der Waals surface area contributed by atoms with Crippen LogP contribution in [0, 0.1) is 23.2 Å². The molecule has 4 saturated carbocycles. The van der Waals surface area contributed by atoms with Gasteiger partial charge in [-0.1, -0.05) is 0 Å². The number of rotatable bonds is 3. The van der Waals surface area contributed by atoms with Crippen LogP contribution >= 0.6 is 0 Å². The quantitative estimate of drug-likeness (QED) is 0.873. The van der Waals surface area contributed by atoms with Crippen LogP contribution in [-0.2, 0) is 4.79 Å². The van der Waals surface area contributed by atoms with Gasteiger partial charge in [0.25, 0.3) is 0 Å². The summed E-state index contributed by atoms with van der Waals surface area (Å²) in [5, 5.41) is 9.10. The van der Waals surface area contributed by atoms with Crippen LogP contribution in [0.25, 0.3) is 0 Å². The molecule has 0 radical (unpaired) electrons. The van der Waals surface area contributed by atoms with Crippen LogP contribution in [0.5, 0.6) is 0 Å². The summed E-state index contributed by atoms with van der Waals surface area (Å²) in [4.78, 5) is 29.4. The fraction of sp³-hybridized carbons (Fsp3) is 0.652. The number of piperazine rings is 1. The Bertz CT molecular complexity index is 797. The minimum Gasteiger partial charge on any atom is -0.478 e. The SMILES string of the molecule is O=C(O)c1ccc(N2CC3CC2CN3C(=O)C23CC4CC(CC(C4)C2)C3)cc1. The molecule has 0 spiro atoms. The third-order valence-corrected chi connectivity index (χ3v) is 8.44. The van der Waals surface area contributed by atoms with Crippen molar-refractivity contribution in [3.8, 4) is 0 Å². The predicted octanol–water partition coefficient (Wildman–Crippen LogP) is 3.39. The Morgan fingerprint density at radius 3 is 1.96 bits per heavy atom. The zero-order valence-corrected chi connectivity index (χ0v) is 16.2. The average Bonchev–Trinajstić information content (AvgIpc) is 3.27. The summed E-state index contributed by atoms with van der Waals surface area (Å²) in [6.45, 7) is 1.72. The van der Waals surface area contributed by atoms with Crippen molar-refractivity contribution < 1.29 is 14.7 Å². The molecular weight excluding hydrogens is 352 g/mol. The number of benzene rings is 1. The molecule has 2 heterocycles. The van der Waals surface area contributed by atoms with E-state index >= 15 is 0 Å². The summed E-state index contributed by atoms with van der Waals surface area (Å²) in [6.07, 6.45) is 8.61. The lowest BCUT2D eigenvalue weighted by atomic mass is 9.49. The first-order valence-electron chi connectivity index (χ1n) is 10.9. The van der Waals surface area contributed by atoms with Crippen LogP contribution in [0.1, 0.15) is 55.3 Å². The third kappa shape index (κ3) is 2.37. The first-order chi connectivity index (χ1) is 13.5. The Morgan fingerprint density at radius 1 is 0.857 bits per heavy atom. The number of carboxylic acid groups (broad SMARTS) is 1. The second kappa shape index (κ2) is 5.74. The van der Waals surface area contributed by atoms with Crippen LogP contribution in [-0.4, -0.2) is 47.1 Å². The van der Waals surface area contributed by atoms with Gasteiger partial charge in [-0.3, -0.25) is 4.79 Å². The largest absolute Gasteiger partial charge is 0.478 e. The monoisotopic (exact) mass is 380 g/mol. The number of likely N-dealkylation sites (tertiary alicyclic amines) is 1. The standard InChI is InChI=1S/C23H28N2O3/c26-21(27)17-1-3-18(4-2-17)24-12-20-8-19(24)13-25(20)22(28)23-9-14-5-15(10-23)7-16(6-14)11-23/h1-4,14-16,19-20H,5-13H2,(H,26,27).